The quantitative estimate of drug-likeness (QED) is 0.750. The maximum absolute atomic E-state index is 13.5. The van der Waals surface area contributed by atoms with Crippen LogP contribution in [0, 0.1) is 11.6 Å². The van der Waals surface area contributed by atoms with Crippen LogP contribution in [0.2, 0.25) is 0 Å². The molecule has 138 valence electrons. The Balaban J connectivity index is 1.77. The summed E-state index contributed by atoms with van der Waals surface area (Å²) in [6.07, 6.45) is 1.47. The summed E-state index contributed by atoms with van der Waals surface area (Å²) in [5.74, 6) is -3.57. The van der Waals surface area contributed by atoms with Crippen molar-refractivity contribution in [2.24, 2.45) is 0 Å². The lowest BCUT2D eigenvalue weighted by Gasteiger charge is -2.16. The van der Waals surface area contributed by atoms with Crippen LogP contribution < -0.4 is 5.32 Å². The molecule has 1 aromatic heterocycles. The molecule has 0 saturated carbocycles. The number of hydrogen-bond donors (Lipinski definition) is 1. The SMILES string of the molecule is CN(CC(=O)NCc1ccco1)C(=O)COC(=O)c1ccc(F)cc1F. The number of halogens is 2. The molecule has 0 bridgehead atoms. The summed E-state index contributed by atoms with van der Waals surface area (Å²) in [5, 5.41) is 2.55. The largest absolute Gasteiger partial charge is 0.467 e. The average Bonchev–Trinajstić information content (AvgIpc) is 3.11. The molecule has 2 rings (SSSR count). The minimum Gasteiger partial charge on any atom is -0.467 e. The molecule has 0 radical (unpaired) electrons. The summed E-state index contributed by atoms with van der Waals surface area (Å²) < 4.78 is 36.0. The van der Waals surface area contributed by atoms with Crippen molar-refractivity contribution in [2.45, 2.75) is 6.54 Å². The Morgan fingerprint density at radius 2 is 2.00 bits per heavy atom. The van der Waals surface area contributed by atoms with Gasteiger partial charge < -0.3 is 19.4 Å². The van der Waals surface area contributed by atoms with Crippen LogP contribution in [0.15, 0.2) is 41.0 Å². The summed E-state index contributed by atoms with van der Waals surface area (Å²) in [4.78, 5) is 36.4. The minimum atomic E-state index is -1.11. The molecule has 0 atom stereocenters. The van der Waals surface area contributed by atoms with Crippen molar-refractivity contribution < 1.29 is 32.3 Å². The smallest absolute Gasteiger partial charge is 0.341 e. The minimum absolute atomic E-state index is 0.173. The molecule has 2 amide bonds. The predicted octanol–water partition coefficient (Wildman–Crippen LogP) is 1.49. The Labute approximate surface area is 147 Å². The molecule has 26 heavy (non-hydrogen) atoms. The van der Waals surface area contributed by atoms with Crippen molar-refractivity contribution in [1.29, 1.82) is 0 Å². The number of carbonyl (C=O) groups excluding carboxylic acids is 3. The molecular formula is C17H16F2N2O5. The topological polar surface area (TPSA) is 88.8 Å². The number of furan rings is 1. The fourth-order valence-corrected chi connectivity index (χ4v) is 1.93. The third-order valence-electron chi connectivity index (χ3n) is 3.32. The van der Waals surface area contributed by atoms with Crippen LogP contribution >= 0.6 is 0 Å². The number of nitrogens with one attached hydrogen (secondary N) is 1. The highest BCUT2D eigenvalue weighted by Gasteiger charge is 2.18. The number of ether oxygens (including phenoxy) is 1. The number of benzene rings is 1. The second-order valence-electron chi connectivity index (χ2n) is 5.31. The van der Waals surface area contributed by atoms with Gasteiger partial charge in [-0.2, -0.15) is 0 Å². The Bertz CT molecular complexity index is 792. The van der Waals surface area contributed by atoms with Gasteiger partial charge in [0.2, 0.25) is 5.91 Å². The molecule has 1 N–H and O–H groups in total. The second-order valence-corrected chi connectivity index (χ2v) is 5.31. The molecule has 0 spiro atoms. The van der Waals surface area contributed by atoms with Crippen LogP contribution in [0.4, 0.5) is 8.78 Å². The van der Waals surface area contributed by atoms with Crippen molar-refractivity contribution in [2.75, 3.05) is 20.2 Å². The first-order valence-corrected chi connectivity index (χ1v) is 7.52. The summed E-state index contributed by atoms with van der Waals surface area (Å²) in [6.45, 7) is -0.772. The first-order chi connectivity index (χ1) is 12.4. The molecule has 0 saturated heterocycles. The lowest BCUT2D eigenvalue weighted by Crippen LogP contribution is -2.39. The van der Waals surface area contributed by atoms with E-state index in [1.54, 1.807) is 12.1 Å². The van der Waals surface area contributed by atoms with E-state index in [1.165, 1.54) is 13.3 Å². The van der Waals surface area contributed by atoms with E-state index in [2.05, 4.69) is 5.32 Å². The van der Waals surface area contributed by atoms with Gasteiger partial charge in [-0.1, -0.05) is 0 Å². The highest BCUT2D eigenvalue weighted by atomic mass is 19.1. The first kappa shape index (κ1) is 19.1. The van der Waals surface area contributed by atoms with Gasteiger partial charge in [0.25, 0.3) is 5.91 Å². The van der Waals surface area contributed by atoms with Crippen molar-refractivity contribution in [3.63, 3.8) is 0 Å². The second kappa shape index (κ2) is 8.75. The molecule has 2 aromatic rings. The lowest BCUT2D eigenvalue weighted by molar-refractivity contribution is -0.137. The van der Waals surface area contributed by atoms with Crippen LogP contribution in [0.5, 0.6) is 0 Å². The van der Waals surface area contributed by atoms with E-state index < -0.39 is 41.6 Å². The standard InChI is InChI=1S/C17H16F2N2O5/c1-21(9-15(22)20-8-12-3-2-6-25-12)16(23)10-26-17(24)13-5-4-11(18)7-14(13)19/h2-7H,8-10H2,1H3,(H,20,22). The number of amides is 2. The monoisotopic (exact) mass is 366 g/mol. The predicted molar refractivity (Wildman–Crippen MR) is 84.8 cm³/mol. The first-order valence-electron chi connectivity index (χ1n) is 7.52. The van der Waals surface area contributed by atoms with Crippen LogP contribution in [-0.2, 0) is 20.9 Å². The fourth-order valence-electron chi connectivity index (χ4n) is 1.93. The van der Waals surface area contributed by atoms with Crippen molar-refractivity contribution in [3.05, 3.63) is 59.6 Å². The molecule has 0 unspecified atom stereocenters. The molecule has 0 aliphatic heterocycles. The zero-order chi connectivity index (χ0) is 19.1. The zero-order valence-electron chi connectivity index (χ0n) is 13.8. The number of nitrogens with zero attached hydrogens (tertiary/aromatic N) is 1. The summed E-state index contributed by atoms with van der Waals surface area (Å²) in [7, 11) is 1.35. The van der Waals surface area contributed by atoms with Crippen molar-refractivity contribution in [3.8, 4) is 0 Å². The molecule has 9 heteroatoms. The van der Waals surface area contributed by atoms with E-state index in [0.29, 0.717) is 11.8 Å². The number of esters is 1. The Morgan fingerprint density at radius 1 is 1.23 bits per heavy atom. The molecule has 0 aliphatic carbocycles. The molecule has 1 aromatic carbocycles. The Kier molecular flexibility index (Phi) is 6.42. The van der Waals surface area contributed by atoms with Crippen molar-refractivity contribution in [1.82, 2.24) is 10.2 Å². The van der Waals surface area contributed by atoms with Gasteiger partial charge in [0.15, 0.2) is 6.61 Å². The van der Waals surface area contributed by atoms with E-state index in [4.69, 9.17) is 9.15 Å². The molecular weight excluding hydrogens is 350 g/mol. The van der Waals surface area contributed by atoms with Gasteiger partial charge in [0.1, 0.15) is 17.4 Å². The molecule has 1 heterocycles. The summed E-state index contributed by atoms with van der Waals surface area (Å²) in [5.41, 5.74) is -0.488. The maximum atomic E-state index is 13.5. The van der Waals surface area contributed by atoms with E-state index in [9.17, 15) is 23.2 Å². The number of hydrogen-bond acceptors (Lipinski definition) is 5. The van der Waals surface area contributed by atoms with Crippen LogP contribution in [-0.4, -0.2) is 42.9 Å². The van der Waals surface area contributed by atoms with E-state index in [1.807, 2.05) is 0 Å². The van der Waals surface area contributed by atoms with Crippen LogP contribution in [0.3, 0.4) is 0 Å². The molecule has 7 nitrogen and oxygen atoms in total. The van der Waals surface area contributed by atoms with Crippen molar-refractivity contribution >= 4 is 17.8 Å². The normalized spacial score (nSPS) is 10.3. The third-order valence-corrected chi connectivity index (χ3v) is 3.32. The highest BCUT2D eigenvalue weighted by molar-refractivity contribution is 5.92. The Morgan fingerprint density at radius 3 is 2.65 bits per heavy atom. The average molecular weight is 366 g/mol. The number of carbonyl (C=O) groups is 3. The van der Waals surface area contributed by atoms with E-state index >= 15 is 0 Å². The van der Waals surface area contributed by atoms with Crippen LogP contribution in [0.25, 0.3) is 0 Å². The van der Waals surface area contributed by atoms with Gasteiger partial charge >= 0.3 is 5.97 Å². The summed E-state index contributed by atoms with van der Waals surface area (Å²) >= 11 is 0. The maximum Gasteiger partial charge on any atom is 0.341 e. The molecule has 0 fully saturated rings. The van der Waals surface area contributed by atoms with Crippen LogP contribution in [0.1, 0.15) is 16.1 Å². The lowest BCUT2D eigenvalue weighted by atomic mass is 10.2. The number of rotatable bonds is 7. The van der Waals surface area contributed by atoms with Gasteiger partial charge in [0.05, 0.1) is 24.9 Å². The Hall–Kier alpha value is -3.23. The summed E-state index contributed by atoms with van der Waals surface area (Å²) in [6, 6.07) is 5.72. The van der Waals surface area contributed by atoms with E-state index in [0.717, 1.165) is 17.0 Å². The van der Waals surface area contributed by atoms with Gasteiger partial charge in [-0.05, 0) is 24.3 Å². The zero-order valence-corrected chi connectivity index (χ0v) is 13.8. The molecule has 0 aliphatic rings. The van der Waals surface area contributed by atoms with Gasteiger partial charge in [-0.15, -0.1) is 0 Å². The van der Waals surface area contributed by atoms with Gasteiger partial charge in [-0.25, -0.2) is 13.6 Å². The number of likely N-dealkylation sites (N-methyl/N-ethyl adjacent to an activating group) is 1. The van der Waals surface area contributed by atoms with Gasteiger partial charge in [-0.3, -0.25) is 9.59 Å². The van der Waals surface area contributed by atoms with E-state index in [-0.39, 0.29) is 13.1 Å². The highest BCUT2D eigenvalue weighted by Crippen LogP contribution is 2.10. The fraction of sp³-hybridized carbons (Fsp3) is 0.235. The third kappa shape index (κ3) is 5.40. The van der Waals surface area contributed by atoms with Gasteiger partial charge in [0, 0.05) is 13.1 Å².